The molecule has 0 fully saturated rings. The van der Waals surface area contributed by atoms with Crippen molar-refractivity contribution >= 4 is 29.1 Å². The lowest BCUT2D eigenvalue weighted by atomic mass is 10.0. The van der Waals surface area contributed by atoms with E-state index in [-0.39, 0.29) is 34.3 Å². The van der Waals surface area contributed by atoms with Crippen molar-refractivity contribution in [3.63, 3.8) is 0 Å². The minimum atomic E-state index is -0.340. The summed E-state index contributed by atoms with van der Waals surface area (Å²) < 4.78 is 0. The van der Waals surface area contributed by atoms with Crippen LogP contribution in [0.5, 0.6) is 0 Å². The van der Waals surface area contributed by atoms with Gasteiger partial charge < -0.3 is 10.4 Å². The molecular weight excluding hydrogens is 277 g/mol. The van der Waals surface area contributed by atoms with Crippen molar-refractivity contribution < 1.29 is 9.90 Å². The Balaban J connectivity index is 2.62. The maximum Gasteiger partial charge on any atom is 0.254 e. The van der Waals surface area contributed by atoms with Crippen molar-refractivity contribution in [3.8, 4) is 0 Å². The molecule has 0 aliphatic carbocycles. The van der Waals surface area contributed by atoms with Crippen LogP contribution in [-0.4, -0.2) is 34.4 Å². The molecule has 0 saturated carbocycles. The SMILES string of the molecule is CCC(CCO)CNC(=O)c1cc(Cl)nnc1Cl. The monoisotopic (exact) mass is 291 g/mol. The predicted molar refractivity (Wildman–Crippen MR) is 69.9 cm³/mol. The van der Waals surface area contributed by atoms with Crippen molar-refractivity contribution in [2.45, 2.75) is 19.8 Å². The summed E-state index contributed by atoms with van der Waals surface area (Å²) in [5.41, 5.74) is 0.204. The number of amides is 1. The van der Waals surface area contributed by atoms with Crippen LogP contribution < -0.4 is 5.32 Å². The summed E-state index contributed by atoms with van der Waals surface area (Å²) >= 11 is 11.4. The summed E-state index contributed by atoms with van der Waals surface area (Å²) in [6, 6.07) is 1.37. The second-order valence-electron chi connectivity index (χ2n) is 3.87. The number of aromatic nitrogens is 2. The average molecular weight is 292 g/mol. The lowest BCUT2D eigenvalue weighted by Gasteiger charge is -2.14. The van der Waals surface area contributed by atoms with Gasteiger partial charge in [0.1, 0.15) is 0 Å². The molecule has 0 aromatic carbocycles. The van der Waals surface area contributed by atoms with Gasteiger partial charge in [0.25, 0.3) is 5.91 Å². The quantitative estimate of drug-likeness (QED) is 0.840. The zero-order chi connectivity index (χ0) is 13.5. The van der Waals surface area contributed by atoms with Gasteiger partial charge in [-0.05, 0) is 18.4 Å². The number of carbonyl (C=O) groups is 1. The first-order valence-electron chi connectivity index (χ1n) is 5.66. The molecule has 1 rings (SSSR count). The molecule has 0 spiro atoms. The molecular formula is C11H15Cl2N3O2. The number of nitrogens with zero attached hydrogens (tertiary/aromatic N) is 2. The van der Waals surface area contributed by atoms with Crippen LogP contribution in [0.1, 0.15) is 30.1 Å². The van der Waals surface area contributed by atoms with Gasteiger partial charge in [-0.2, -0.15) is 0 Å². The lowest BCUT2D eigenvalue weighted by Crippen LogP contribution is -2.30. The van der Waals surface area contributed by atoms with Crippen LogP contribution in [0.3, 0.4) is 0 Å². The number of rotatable bonds is 6. The highest BCUT2D eigenvalue weighted by Crippen LogP contribution is 2.15. The molecule has 1 aromatic rings. The van der Waals surface area contributed by atoms with Crippen LogP contribution in [0.15, 0.2) is 6.07 Å². The highest BCUT2D eigenvalue weighted by Gasteiger charge is 2.14. The molecule has 5 nitrogen and oxygen atoms in total. The molecule has 0 aliphatic heterocycles. The second kappa shape index (κ2) is 7.51. The molecule has 7 heteroatoms. The number of hydrogen-bond donors (Lipinski definition) is 2. The smallest absolute Gasteiger partial charge is 0.254 e. The van der Waals surface area contributed by atoms with E-state index in [0.717, 1.165) is 6.42 Å². The van der Waals surface area contributed by atoms with Crippen molar-refractivity contribution in [3.05, 3.63) is 21.9 Å². The molecule has 1 unspecified atom stereocenters. The average Bonchev–Trinajstić information content (AvgIpc) is 2.37. The van der Waals surface area contributed by atoms with E-state index in [2.05, 4.69) is 15.5 Å². The minimum Gasteiger partial charge on any atom is -0.396 e. The fourth-order valence-corrected chi connectivity index (χ4v) is 1.80. The molecule has 0 saturated heterocycles. The Bertz CT molecular complexity index is 415. The largest absolute Gasteiger partial charge is 0.396 e. The van der Waals surface area contributed by atoms with E-state index in [0.29, 0.717) is 13.0 Å². The Morgan fingerprint density at radius 1 is 1.50 bits per heavy atom. The van der Waals surface area contributed by atoms with Crippen LogP contribution in [-0.2, 0) is 0 Å². The first-order valence-corrected chi connectivity index (χ1v) is 6.41. The van der Waals surface area contributed by atoms with Crippen LogP contribution >= 0.6 is 23.2 Å². The third-order valence-corrected chi connectivity index (χ3v) is 3.09. The summed E-state index contributed by atoms with van der Waals surface area (Å²) in [5, 5.41) is 18.8. The summed E-state index contributed by atoms with van der Waals surface area (Å²) in [6.07, 6.45) is 1.53. The minimum absolute atomic E-state index is 0.0205. The number of carbonyl (C=O) groups excluding carboxylic acids is 1. The highest BCUT2D eigenvalue weighted by molar-refractivity contribution is 6.34. The number of aliphatic hydroxyl groups is 1. The Morgan fingerprint density at radius 3 is 2.83 bits per heavy atom. The van der Waals surface area contributed by atoms with Gasteiger partial charge in [-0.3, -0.25) is 4.79 Å². The van der Waals surface area contributed by atoms with Gasteiger partial charge in [0.15, 0.2) is 10.3 Å². The summed E-state index contributed by atoms with van der Waals surface area (Å²) in [5.74, 6) is -0.101. The molecule has 0 aliphatic rings. The number of halogens is 2. The van der Waals surface area contributed by atoms with E-state index in [1.165, 1.54) is 6.07 Å². The van der Waals surface area contributed by atoms with Crippen LogP contribution in [0.4, 0.5) is 0 Å². The maximum atomic E-state index is 11.9. The van der Waals surface area contributed by atoms with Gasteiger partial charge in [0, 0.05) is 13.2 Å². The predicted octanol–water partition coefficient (Wildman–Crippen LogP) is 1.92. The highest BCUT2D eigenvalue weighted by atomic mass is 35.5. The molecule has 0 radical (unpaired) electrons. The van der Waals surface area contributed by atoms with E-state index in [1.807, 2.05) is 6.92 Å². The van der Waals surface area contributed by atoms with E-state index in [9.17, 15) is 4.79 Å². The molecule has 18 heavy (non-hydrogen) atoms. The Kier molecular flexibility index (Phi) is 6.32. The summed E-state index contributed by atoms with van der Waals surface area (Å²) in [7, 11) is 0. The number of aliphatic hydroxyl groups excluding tert-OH is 1. The molecule has 2 N–H and O–H groups in total. The summed E-state index contributed by atoms with van der Waals surface area (Å²) in [4.78, 5) is 11.9. The van der Waals surface area contributed by atoms with Crippen molar-refractivity contribution in [2.24, 2.45) is 5.92 Å². The molecule has 1 aromatic heterocycles. The fourth-order valence-electron chi connectivity index (χ4n) is 1.48. The third-order valence-electron chi connectivity index (χ3n) is 2.63. The normalized spacial score (nSPS) is 12.2. The lowest BCUT2D eigenvalue weighted by molar-refractivity contribution is 0.0943. The number of hydrogen-bond acceptors (Lipinski definition) is 4. The first-order chi connectivity index (χ1) is 8.58. The topological polar surface area (TPSA) is 75.1 Å². The molecule has 1 heterocycles. The van der Waals surface area contributed by atoms with Gasteiger partial charge in [-0.25, -0.2) is 0 Å². The van der Waals surface area contributed by atoms with Gasteiger partial charge in [-0.1, -0.05) is 36.5 Å². The van der Waals surface area contributed by atoms with Crippen LogP contribution in [0.2, 0.25) is 10.3 Å². The number of nitrogens with one attached hydrogen (secondary N) is 1. The third kappa shape index (κ3) is 4.40. The zero-order valence-corrected chi connectivity index (χ0v) is 11.5. The van der Waals surface area contributed by atoms with E-state index < -0.39 is 0 Å². The van der Waals surface area contributed by atoms with Crippen molar-refractivity contribution in [1.82, 2.24) is 15.5 Å². The van der Waals surface area contributed by atoms with E-state index in [4.69, 9.17) is 28.3 Å². The Labute approximate surface area is 116 Å². The van der Waals surface area contributed by atoms with Gasteiger partial charge in [-0.15, -0.1) is 10.2 Å². The van der Waals surface area contributed by atoms with Crippen molar-refractivity contribution in [1.29, 1.82) is 0 Å². The zero-order valence-electron chi connectivity index (χ0n) is 9.99. The maximum absolute atomic E-state index is 11.9. The van der Waals surface area contributed by atoms with Crippen LogP contribution in [0.25, 0.3) is 0 Å². The standard InChI is InChI=1S/C11H15Cl2N3O2/c1-2-7(3-4-17)6-14-11(18)8-5-9(12)15-16-10(8)13/h5,7,17H,2-4,6H2,1H3,(H,14,18). The second-order valence-corrected chi connectivity index (χ2v) is 4.61. The Hall–Kier alpha value is -0.910. The Morgan fingerprint density at radius 2 is 2.22 bits per heavy atom. The first kappa shape index (κ1) is 15.1. The van der Waals surface area contributed by atoms with E-state index in [1.54, 1.807) is 0 Å². The molecule has 0 bridgehead atoms. The van der Waals surface area contributed by atoms with Gasteiger partial charge in [0.2, 0.25) is 0 Å². The molecule has 1 amide bonds. The van der Waals surface area contributed by atoms with E-state index >= 15 is 0 Å². The van der Waals surface area contributed by atoms with Gasteiger partial charge in [0.05, 0.1) is 5.56 Å². The summed E-state index contributed by atoms with van der Waals surface area (Å²) in [6.45, 7) is 2.59. The molecule has 100 valence electrons. The van der Waals surface area contributed by atoms with Gasteiger partial charge >= 0.3 is 0 Å². The van der Waals surface area contributed by atoms with Crippen LogP contribution in [0, 0.1) is 5.92 Å². The fraction of sp³-hybridized carbons (Fsp3) is 0.545. The molecule has 1 atom stereocenters. The van der Waals surface area contributed by atoms with Crippen molar-refractivity contribution in [2.75, 3.05) is 13.2 Å².